The third-order valence-electron chi connectivity index (χ3n) is 3.29. The summed E-state index contributed by atoms with van der Waals surface area (Å²) in [5.41, 5.74) is 6.20. The van der Waals surface area contributed by atoms with Crippen molar-refractivity contribution in [3.05, 3.63) is 23.9 Å². The maximum Gasteiger partial charge on any atom is 0.254 e. The maximum absolute atomic E-state index is 11.8. The van der Waals surface area contributed by atoms with Crippen LogP contribution in [-0.4, -0.2) is 49.0 Å². The third kappa shape index (κ3) is 3.44. The second-order valence-electron chi connectivity index (χ2n) is 5.17. The van der Waals surface area contributed by atoms with Gasteiger partial charge in [-0.2, -0.15) is 0 Å². The molecule has 5 nitrogen and oxygen atoms in total. The molecule has 0 spiro atoms. The van der Waals surface area contributed by atoms with Crippen LogP contribution in [0.2, 0.25) is 0 Å². The SMILES string of the molecule is CN(C)C(=O)c1ccc(N(CCCN)C2CC2)nc1. The van der Waals surface area contributed by atoms with Gasteiger partial charge in [0.25, 0.3) is 5.91 Å². The van der Waals surface area contributed by atoms with Gasteiger partial charge in [-0.15, -0.1) is 0 Å². The van der Waals surface area contributed by atoms with Crippen LogP contribution in [0.4, 0.5) is 5.82 Å². The molecule has 0 unspecified atom stereocenters. The minimum absolute atomic E-state index is 0.0148. The van der Waals surface area contributed by atoms with E-state index in [1.54, 1.807) is 25.2 Å². The molecule has 0 saturated heterocycles. The largest absolute Gasteiger partial charge is 0.354 e. The van der Waals surface area contributed by atoms with E-state index in [0.717, 1.165) is 18.8 Å². The van der Waals surface area contributed by atoms with Gasteiger partial charge < -0.3 is 15.5 Å². The molecule has 0 aromatic carbocycles. The number of hydrogen-bond donors (Lipinski definition) is 1. The number of amides is 1. The number of hydrogen-bond acceptors (Lipinski definition) is 4. The molecule has 1 aromatic heterocycles. The summed E-state index contributed by atoms with van der Waals surface area (Å²) in [5.74, 6) is 0.935. The molecule has 1 aromatic rings. The van der Waals surface area contributed by atoms with E-state index < -0.39 is 0 Å². The van der Waals surface area contributed by atoms with Gasteiger partial charge in [-0.05, 0) is 37.9 Å². The molecule has 1 fully saturated rings. The van der Waals surface area contributed by atoms with Gasteiger partial charge in [0, 0.05) is 32.9 Å². The first-order valence-corrected chi connectivity index (χ1v) is 6.78. The van der Waals surface area contributed by atoms with E-state index >= 15 is 0 Å². The molecule has 2 rings (SSSR count). The van der Waals surface area contributed by atoms with Crippen LogP contribution in [0.3, 0.4) is 0 Å². The fourth-order valence-corrected chi connectivity index (χ4v) is 2.07. The highest BCUT2D eigenvalue weighted by molar-refractivity contribution is 5.93. The summed E-state index contributed by atoms with van der Waals surface area (Å²) in [6.45, 7) is 1.63. The minimum Gasteiger partial charge on any atom is -0.354 e. The van der Waals surface area contributed by atoms with Crippen molar-refractivity contribution in [1.29, 1.82) is 0 Å². The summed E-state index contributed by atoms with van der Waals surface area (Å²) in [6.07, 6.45) is 5.08. The van der Waals surface area contributed by atoms with Gasteiger partial charge >= 0.3 is 0 Å². The Morgan fingerprint density at radius 2 is 2.16 bits per heavy atom. The van der Waals surface area contributed by atoms with Gasteiger partial charge in [0.15, 0.2) is 0 Å². The van der Waals surface area contributed by atoms with Crippen LogP contribution >= 0.6 is 0 Å². The van der Waals surface area contributed by atoms with Crippen molar-refractivity contribution in [3.63, 3.8) is 0 Å². The summed E-state index contributed by atoms with van der Waals surface area (Å²) in [6, 6.07) is 4.39. The van der Waals surface area contributed by atoms with E-state index in [1.807, 2.05) is 12.1 Å². The molecule has 1 amide bonds. The molecule has 0 radical (unpaired) electrons. The van der Waals surface area contributed by atoms with Gasteiger partial charge in [0.05, 0.1) is 5.56 Å². The molecule has 0 aliphatic heterocycles. The van der Waals surface area contributed by atoms with Crippen LogP contribution < -0.4 is 10.6 Å². The van der Waals surface area contributed by atoms with Crippen molar-refractivity contribution < 1.29 is 4.79 Å². The third-order valence-corrected chi connectivity index (χ3v) is 3.29. The number of rotatable bonds is 6. The molecular weight excluding hydrogens is 240 g/mol. The van der Waals surface area contributed by atoms with Crippen LogP contribution in [0.1, 0.15) is 29.6 Å². The lowest BCUT2D eigenvalue weighted by Gasteiger charge is -2.23. The lowest BCUT2D eigenvalue weighted by molar-refractivity contribution is 0.0827. The van der Waals surface area contributed by atoms with Crippen molar-refractivity contribution in [1.82, 2.24) is 9.88 Å². The molecule has 5 heteroatoms. The molecule has 1 saturated carbocycles. The second kappa shape index (κ2) is 6.02. The van der Waals surface area contributed by atoms with Gasteiger partial charge in [-0.25, -0.2) is 4.98 Å². The Morgan fingerprint density at radius 1 is 1.42 bits per heavy atom. The molecule has 2 N–H and O–H groups in total. The average Bonchev–Trinajstić information content (AvgIpc) is 3.23. The molecular formula is C14H22N4O. The number of pyridine rings is 1. The molecule has 1 heterocycles. The van der Waals surface area contributed by atoms with Crippen LogP contribution in [0, 0.1) is 0 Å². The number of anilines is 1. The molecule has 0 atom stereocenters. The van der Waals surface area contributed by atoms with Gasteiger partial charge in [-0.3, -0.25) is 4.79 Å². The van der Waals surface area contributed by atoms with Crippen LogP contribution in [0.15, 0.2) is 18.3 Å². The van der Waals surface area contributed by atoms with Crippen molar-refractivity contribution in [2.45, 2.75) is 25.3 Å². The topological polar surface area (TPSA) is 62.5 Å². The monoisotopic (exact) mass is 262 g/mol. The van der Waals surface area contributed by atoms with E-state index in [-0.39, 0.29) is 5.91 Å². The quantitative estimate of drug-likeness (QED) is 0.834. The van der Waals surface area contributed by atoms with E-state index in [9.17, 15) is 4.79 Å². The zero-order valence-corrected chi connectivity index (χ0v) is 11.7. The molecule has 19 heavy (non-hydrogen) atoms. The van der Waals surface area contributed by atoms with Crippen LogP contribution in [-0.2, 0) is 0 Å². The fourth-order valence-electron chi connectivity index (χ4n) is 2.07. The first kappa shape index (κ1) is 13.8. The Hall–Kier alpha value is -1.62. The lowest BCUT2D eigenvalue weighted by atomic mass is 10.2. The second-order valence-corrected chi connectivity index (χ2v) is 5.17. The number of nitrogens with two attached hydrogens (primary N) is 1. The molecule has 0 bridgehead atoms. The fraction of sp³-hybridized carbons (Fsp3) is 0.571. The summed E-state index contributed by atoms with van der Waals surface area (Å²) in [5, 5.41) is 0. The number of nitrogens with zero attached hydrogens (tertiary/aromatic N) is 3. The summed E-state index contributed by atoms with van der Waals surface area (Å²) in [7, 11) is 3.49. The maximum atomic E-state index is 11.8. The molecule has 1 aliphatic carbocycles. The predicted octanol–water partition coefficient (Wildman–Crippen LogP) is 1.10. The van der Waals surface area contributed by atoms with E-state index in [4.69, 9.17) is 5.73 Å². The van der Waals surface area contributed by atoms with E-state index in [1.165, 1.54) is 12.8 Å². The Labute approximate surface area is 114 Å². The summed E-state index contributed by atoms with van der Waals surface area (Å²) in [4.78, 5) is 20.1. The van der Waals surface area contributed by atoms with Crippen molar-refractivity contribution in [3.8, 4) is 0 Å². The Morgan fingerprint density at radius 3 is 2.63 bits per heavy atom. The normalized spacial score (nSPS) is 14.3. The minimum atomic E-state index is -0.0148. The highest BCUT2D eigenvalue weighted by Gasteiger charge is 2.29. The summed E-state index contributed by atoms with van der Waals surface area (Å²) >= 11 is 0. The summed E-state index contributed by atoms with van der Waals surface area (Å²) < 4.78 is 0. The van der Waals surface area contributed by atoms with E-state index in [0.29, 0.717) is 18.2 Å². The van der Waals surface area contributed by atoms with Crippen LogP contribution in [0.25, 0.3) is 0 Å². The van der Waals surface area contributed by atoms with E-state index in [2.05, 4.69) is 9.88 Å². The standard InChI is InChI=1S/C14H22N4O/c1-17(2)14(19)11-4-7-13(16-10-11)18(9-3-8-15)12-5-6-12/h4,7,10,12H,3,5-6,8-9,15H2,1-2H3. The van der Waals surface area contributed by atoms with Crippen molar-refractivity contribution in [2.75, 3.05) is 32.1 Å². The first-order valence-electron chi connectivity index (χ1n) is 6.78. The highest BCUT2D eigenvalue weighted by Crippen LogP contribution is 2.30. The zero-order valence-electron chi connectivity index (χ0n) is 11.7. The van der Waals surface area contributed by atoms with Gasteiger partial charge in [0.1, 0.15) is 5.82 Å². The highest BCUT2D eigenvalue weighted by atomic mass is 16.2. The number of carbonyl (C=O) groups is 1. The number of carbonyl (C=O) groups excluding carboxylic acids is 1. The smallest absolute Gasteiger partial charge is 0.254 e. The molecule has 104 valence electrons. The Kier molecular flexibility index (Phi) is 4.37. The lowest BCUT2D eigenvalue weighted by Crippen LogP contribution is -2.29. The predicted molar refractivity (Wildman–Crippen MR) is 76.3 cm³/mol. The zero-order chi connectivity index (χ0) is 13.8. The van der Waals surface area contributed by atoms with Crippen LogP contribution in [0.5, 0.6) is 0 Å². The van der Waals surface area contributed by atoms with Gasteiger partial charge in [-0.1, -0.05) is 0 Å². The van der Waals surface area contributed by atoms with Gasteiger partial charge in [0.2, 0.25) is 0 Å². The Balaban J connectivity index is 2.09. The average molecular weight is 262 g/mol. The Bertz CT molecular complexity index is 426. The number of aromatic nitrogens is 1. The van der Waals surface area contributed by atoms with Crippen molar-refractivity contribution in [2.24, 2.45) is 5.73 Å². The van der Waals surface area contributed by atoms with Crippen molar-refractivity contribution >= 4 is 11.7 Å². The molecule has 1 aliphatic rings. The first-order chi connectivity index (χ1) is 9.13.